The van der Waals surface area contributed by atoms with E-state index in [1.165, 1.54) is 49.8 Å². The summed E-state index contributed by atoms with van der Waals surface area (Å²) in [6, 6.07) is 24.0. The van der Waals surface area contributed by atoms with Crippen molar-refractivity contribution in [1.29, 1.82) is 5.26 Å². The minimum absolute atomic E-state index is 0.0706. The van der Waals surface area contributed by atoms with Crippen molar-refractivity contribution in [2.24, 2.45) is 17.8 Å². The summed E-state index contributed by atoms with van der Waals surface area (Å²) in [6.07, 6.45) is 8.32. The molecular formula is C26H30N4. The topological polar surface area (TPSA) is 33.5 Å². The summed E-state index contributed by atoms with van der Waals surface area (Å²) < 4.78 is 0. The van der Waals surface area contributed by atoms with Crippen LogP contribution in [0.3, 0.4) is 0 Å². The van der Waals surface area contributed by atoms with Gasteiger partial charge in [-0.05, 0) is 74.0 Å². The number of nitriles is 1. The fourth-order valence-electron chi connectivity index (χ4n) is 7.46. The third-order valence-corrected chi connectivity index (χ3v) is 8.15. The van der Waals surface area contributed by atoms with Crippen molar-refractivity contribution in [2.75, 3.05) is 18.1 Å². The maximum Gasteiger partial charge on any atom is 0.124 e. The molecule has 5 fully saturated rings. The van der Waals surface area contributed by atoms with Crippen LogP contribution < -0.4 is 4.90 Å². The highest BCUT2D eigenvalue weighted by Crippen LogP contribution is 2.59. The lowest BCUT2D eigenvalue weighted by Gasteiger charge is -2.60. The lowest BCUT2D eigenvalue weighted by atomic mass is 9.53. The van der Waals surface area contributed by atoms with Gasteiger partial charge in [0.2, 0.25) is 0 Å². The number of para-hydroxylation sites is 1. The highest BCUT2D eigenvalue weighted by atomic mass is 15.8. The monoisotopic (exact) mass is 398 g/mol. The average molecular weight is 399 g/mol. The van der Waals surface area contributed by atoms with E-state index in [4.69, 9.17) is 0 Å². The molecule has 7 rings (SSSR count). The van der Waals surface area contributed by atoms with E-state index in [2.05, 4.69) is 81.7 Å². The smallest absolute Gasteiger partial charge is 0.124 e. The largest absolute Gasteiger partial charge is 0.336 e. The molecule has 30 heavy (non-hydrogen) atoms. The molecule has 4 heteroatoms. The molecule has 0 amide bonds. The second-order valence-electron chi connectivity index (χ2n) is 10.0. The van der Waals surface area contributed by atoms with Crippen LogP contribution in [0.5, 0.6) is 0 Å². The van der Waals surface area contributed by atoms with E-state index in [0.29, 0.717) is 6.54 Å². The van der Waals surface area contributed by atoms with Crippen LogP contribution in [0.15, 0.2) is 60.7 Å². The first kappa shape index (κ1) is 18.4. The van der Waals surface area contributed by atoms with Gasteiger partial charge < -0.3 is 4.90 Å². The van der Waals surface area contributed by atoms with Crippen molar-refractivity contribution >= 4 is 5.69 Å². The molecule has 0 N–H and O–H groups in total. The van der Waals surface area contributed by atoms with Crippen LogP contribution in [0.2, 0.25) is 0 Å². The van der Waals surface area contributed by atoms with Gasteiger partial charge in [0, 0.05) is 11.2 Å². The van der Waals surface area contributed by atoms with Crippen LogP contribution in [0.4, 0.5) is 5.69 Å². The number of hydrogen-bond donors (Lipinski definition) is 0. The van der Waals surface area contributed by atoms with Crippen LogP contribution in [-0.4, -0.2) is 28.8 Å². The minimum Gasteiger partial charge on any atom is -0.336 e. The van der Waals surface area contributed by atoms with Crippen molar-refractivity contribution in [3.05, 3.63) is 66.2 Å². The van der Waals surface area contributed by atoms with E-state index in [1.807, 2.05) is 0 Å². The van der Waals surface area contributed by atoms with Crippen LogP contribution in [0.25, 0.3) is 0 Å². The lowest BCUT2D eigenvalue weighted by Crippen LogP contribution is -2.63. The second-order valence-corrected chi connectivity index (χ2v) is 10.0. The van der Waals surface area contributed by atoms with Gasteiger partial charge in [-0.15, -0.1) is 0 Å². The molecule has 4 aliphatic carbocycles. The normalized spacial score (nSPS) is 35.6. The number of hydrogen-bond acceptors (Lipinski definition) is 4. The van der Waals surface area contributed by atoms with E-state index >= 15 is 0 Å². The van der Waals surface area contributed by atoms with Crippen molar-refractivity contribution in [2.45, 2.75) is 50.2 Å². The Morgan fingerprint density at radius 2 is 1.40 bits per heavy atom. The molecule has 5 aliphatic rings. The Morgan fingerprint density at radius 3 is 1.97 bits per heavy atom. The van der Waals surface area contributed by atoms with E-state index in [9.17, 15) is 5.26 Å². The molecule has 2 aromatic rings. The third-order valence-electron chi connectivity index (χ3n) is 8.15. The minimum atomic E-state index is 0.0706. The van der Waals surface area contributed by atoms with Gasteiger partial charge in [-0.1, -0.05) is 48.5 Å². The van der Waals surface area contributed by atoms with Crippen LogP contribution in [0.1, 0.15) is 50.3 Å². The molecule has 1 atom stereocenters. The standard InChI is InChI=1S/C26H30N4/c27-11-12-29-25(23-7-3-1-4-8-23)28(24-9-5-2-6-10-24)19-30(29)26-16-20-13-21(17-26)15-22(14-20)18-26/h1-10,20-22,25H,12-19H2. The van der Waals surface area contributed by atoms with E-state index < -0.39 is 0 Å². The molecule has 4 saturated carbocycles. The van der Waals surface area contributed by atoms with Gasteiger partial charge in [-0.2, -0.15) is 10.3 Å². The van der Waals surface area contributed by atoms with Gasteiger partial charge in [0.05, 0.1) is 12.7 Å². The van der Waals surface area contributed by atoms with Gasteiger partial charge in [0.1, 0.15) is 12.7 Å². The molecule has 1 unspecified atom stereocenters. The fraction of sp³-hybridized carbons (Fsp3) is 0.500. The van der Waals surface area contributed by atoms with Crippen molar-refractivity contribution in [3.8, 4) is 6.07 Å². The molecule has 1 saturated heterocycles. The van der Waals surface area contributed by atoms with E-state index in [1.54, 1.807) is 0 Å². The summed E-state index contributed by atoms with van der Waals surface area (Å²) >= 11 is 0. The van der Waals surface area contributed by atoms with Gasteiger partial charge in [0.15, 0.2) is 0 Å². The van der Waals surface area contributed by atoms with Crippen molar-refractivity contribution in [3.63, 3.8) is 0 Å². The Bertz CT molecular complexity index is 899. The first-order valence-electron chi connectivity index (χ1n) is 11.5. The predicted molar refractivity (Wildman–Crippen MR) is 118 cm³/mol. The Morgan fingerprint density at radius 1 is 0.833 bits per heavy atom. The first-order valence-corrected chi connectivity index (χ1v) is 11.5. The molecule has 0 radical (unpaired) electrons. The quantitative estimate of drug-likeness (QED) is 0.665. The van der Waals surface area contributed by atoms with Crippen LogP contribution in [0, 0.1) is 29.1 Å². The van der Waals surface area contributed by atoms with Crippen molar-refractivity contribution < 1.29 is 0 Å². The number of hydrazine groups is 1. The molecule has 1 aliphatic heterocycles. The molecule has 2 aromatic carbocycles. The summed E-state index contributed by atoms with van der Waals surface area (Å²) in [5, 5.41) is 14.9. The molecule has 4 nitrogen and oxygen atoms in total. The van der Waals surface area contributed by atoms with Crippen LogP contribution >= 0.6 is 0 Å². The Labute approximate surface area is 179 Å². The zero-order valence-corrected chi connectivity index (χ0v) is 17.5. The van der Waals surface area contributed by atoms with Crippen molar-refractivity contribution in [1.82, 2.24) is 10.0 Å². The Kier molecular flexibility index (Phi) is 4.37. The summed E-state index contributed by atoms with van der Waals surface area (Å²) in [5.74, 6) is 2.67. The fourth-order valence-corrected chi connectivity index (χ4v) is 7.46. The average Bonchev–Trinajstić information content (AvgIpc) is 3.14. The SMILES string of the molecule is N#CCN1C(c2ccccc2)N(c2ccccc2)CN1C12CC3CC(CC(C3)C1)C2. The van der Waals surface area contributed by atoms with E-state index in [-0.39, 0.29) is 11.7 Å². The van der Waals surface area contributed by atoms with Gasteiger partial charge in [-0.3, -0.25) is 0 Å². The number of rotatable bonds is 4. The number of nitrogens with zero attached hydrogens (tertiary/aromatic N) is 4. The van der Waals surface area contributed by atoms with E-state index in [0.717, 1.165) is 24.4 Å². The molecule has 0 aromatic heterocycles. The van der Waals surface area contributed by atoms with Gasteiger partial charge in [-0.25, -0.2) is 5.01 Å². The first-order chi connectivity index (χ1) is 14.8. The number of benzene rings is 2. The molecular weight excluding hydrogens is 368 g/mol. The third kappa shape index (κ3) is 2.87. The Balaban J connectivity index is 1.44. The highest BCUT2D eigenvalue weighted by molar-refractivity contribution is 5.49. The Hall–Kier alpha value is -2.35. The summed E-state index contributed by atoms with van der Waals surface area (Å²) in [5.41, 5.74) is 2.74. The molecule has 1 heterocycles. The molecule has 0 spiro atoms. The summed E-state index contributed by atoms with van der Waals surface area (Å²) in [6.45, 7) is 1.31. The molecule has 154 valence electrons. The predicted octanol–water partition coefficient (Wildman–Crippen LogP) is 5.17. The highest BCUT2D eigenvalue weighted by Gasteiger charge is 2.57. The van der Waals surface area contributed by atoms with Crippen LogP contribution in [-0.2, 0) is 0 Å². The lowest BCUT2D eigenvalue weighted by molar-refractivity contribution is -0.163. The maximum absolute atomic E-state index is 9.81. The summed E-state index contributed by atoms with van der Waals surface area (Å²) in [7, 11) is 0. The van der Waals surface area contributed by atoms with Gasteiger partial charge in [0.25, 0.3) is 0 Å². The zero-order chi connectivity index (χ0) is 20.1. The summed E-state index contributed by atoms with van der Waals surface area (Å²) in [4.78, 5) is 2.51. The zero-order valence-electron chi connectivity index (χ0n) is 17.5. The molecule has 4 bridgehead atoms. The second kappa shape index (κ2) is 7.11. The number of anilines is 1. The maximum atomic E-state index is 9.81. The van der Waals surface area contributed by atoms with Gasteiger partial charge >= 0.3 is 0 Å².